The molecule has 0 heterocycles. The molecule has 0 amide bonds. The van der Waals surface area contributed by atoms with Crippen molar-refractivity contribution in [2.24, 2.45) is 11.8 Å². The van der Waals surface area contributed by atoms with Gasteiger partial charge in [0.2, 0.25) is 0 Å². The largest absolute Gasteiger partial charge is 0.392 e. The van der Waals surface area contributed by atoms with Crippen molar-refractivity contribution in [2.75, 3.05) is 7.05 Å². The summed E-state index contributed by atoms with van der Waals surface area (Å²) < 4.78 is 0. The zero-order valence-electron chi connectivity index (χ0n) is 10.5. The normalized spacial score (nSPS) is 17.6. The van der Waals surface area contributed by atoms with Crippen molar-refractivity contribution in [1.29, 1.82) is 0 Å². The Labute approximate surface area is 89.2 Å². The molecule has 0 radical (unpaired) electrons. The van der Waals surface area contributed by atoms with Crippen molar-refractivity contribution >= 4 is 0 Å². The summed E-state index contributed by atoms with van der Waals surface area (Å²) in [6, 6.07) is 1.07. The smallest absolute Gasteiger partial charge is 0.00730 e. The van der Waals surface area contributed by atoms with Gasteiger partial charge in [0.25, 0.3) is 0 Å². The van der Waals surface area contributed by atoms with E-state index in [9.17, 15) is 0 Å². The van der Waals surface area contributed by atoms with Crippen molar-refractivity contribution in [3.8, 4) is 0 Å². The van der Waals surface area contributed by atoms with Gasteiger partial charge in [0.05, 0.1) is 0 Å². The Bertz CT molecular complexity index is 175. The first-order valence-corrected chi connectivity index (χ1v) is 5.52. The summed E-state index contributed by atoms with van der Waals surface area (Å²) in [6.07, 6.45) is 0. The van der Waals surface area contributed by atoms with E-state index >= 15 is 0 Å². The maximum atomic E-state index is 4.02. The summed E-state index contributed by atoms with van der Waals surface area (Å²) in [6.45, 7) is 15.1. The van der Waals surface area contributed by atoms with Crippen LogP contribution in [0, 0.1) is 11.8 Å². The zero-order chi connectivity index (χ0) is 11.3. The van der Waals surface area contributed by atoms with Gasteiger partial charge in [-0.3, -0.25) is 0 Å². The van der Waals surface area contributed by atoms with Gasteiger partial charge in [-0.15, -0.1) is 0 Å². The van der Waals surface area contributed by atoms with Gasteiger partial charge < -0.3 is 10.6 Å². The lowest BCUT2D eigenvalue weighted by molar-refractivity contribution is 0.306. The zero-order valence-corrected chi connectivity index (χ0v) is 10.5. The molecule has 0 saturated heterocycles. The van der Waals surface area contributed by atoms with Crippen LogP contribution in [0.25, 0.3) is 0 Å². The van der Waals surface area contributed by atoms with Crippen molar-refractivity contribution in [3.05, 3.63) is 12.3 Å². The third-order valence-electron chi connectivity index (χ3n) is 3.04. The maximum Gasteiger partial charge on any atom is 0.00730 e. The van der Waals surface area contributed by atoms with Gasteiger partial charge >= 0.3 is 0 Å². The molecule has 2 N–H and O–H groups in total. The Hall–Kier alpha value is -0.500. The Kier molecular flexibility index (Phi) is 5.86. The summed E-state index contributed by atoms with van der Waals surface area (Å²) in [5.74, 6) is 1.10. The van der Waals surface area contributed by atoms with Crippen LogP contribution in [0.5, 0.6) is 0 Å². The van der Waals surface area contributed by atoms with E-state index in [2.05, 4.69) is 51.8 Å². The Morgan fingerprint density at radius 2 is 1.57 bits per heavy atom. The SMILES string of the molecule is C=C(NC)C(C)C(C)C(C)NC(C)C. The molecule has 3 unspecified atom stereocenters. The molecule has 0 fully saturated rings. The standard InChI is InChI=1S/C12H26N2/c1-8(2)14-12(6)10(4)9(3)11(5)13-7/h8-10,12-14H,5H2,1-4,6-7H3. The van der Waals surface area contributed by atoms with E-state index in [0.717, 1.165) is 5.70 Å². The molecule has 0 aliphatic rings. The van der Waals surface area contributed by atoms with Crippen LogP contribution >= 0.6 is 0 Å². The fraction of sp³-hybridized carbons (Fsp3) is 0.833. The summed E-state index contributed by atoms with van der Waals surface area (Å²) in [4.78, 5) is 0. The minimum atomic E-state index is 0.501. The van der Waals surface area contributed by atoms with Crippen molar-refractivity contribution in [3.63, 3.8) is 0 Å². The first-order valence-electron chi connectivity index (χ1n) is 5.52. The third kappa shape index (κ3) is 4.14. The summed E-state index contributed by atoms with van der Waals surface area (Å²) in [5.41, 5.74) is 1.12. The lowest BCUT2D eigenvalue weighted by atomic mass is 9.87. The molecule has 0 bridgehead atoms. The topological polar surface area (TPSA) is 24.1 Å². The third-order valence-corrected chi connectivity index (χ3v) is 3.04. The highest BCUT2D eigenvalue weighted by Gasteiger charge is 2.20. The first-order chi connectivity index (χ1) is 6.40. The van der Waals surface area contributed by atoms with Crippen LogP contribution in [0.1, 0.15) is 34.6 Å². The molecule has 3 atom stereocenters. The summed E-state index contributed by atoms with van der Waals surface area (Å²) >= 11 is 0. The summed E-state index contributed by atoms with van der Waals surface area (Å²) in [5, 5.41) is 6.67. The van der Waals surface area contributed by atoms with E-state index in [4.69, 9.17) is 0 Å². The van der Waals surface area contributed by atoms with Crippen molar-refractivity contribution < 1.29 is 0 Å². The molecule has 14 heavy (non-hydrogen) atoms. The van der Waals surface area contributed by atoms with Gasteiger partial charge in [-0.2, -0.15) is 0 Å². The van der Waals surface area contributed by atoms with Gasteiger partial charge in [-0.1, -0.05) is 34.3 Å². The molecule has 0 aromatic rings. The fourth-order valence-corrected chi connectivity index (χ4v) is 1.66. The molecule has 0 aromatic carbocycles. The second kappa shape index (κ2) is 6.07. The minimum Gasteiger partial charge on any atom is -0.392 e. The molecular formula is C12H26N2. The van der Waals surface area contributed by atoms with Crippen LogP contribution in [0.4, 0.5) is 0 Å². The van der Waals surface area contributed by atoms with Gasteiger partial charge in [0, 0.05) is 24.8 Å². The first kappa shape index (κ1) is 13.5. The fourth-order valence-electron chi connectivity index (χ4n) is 1.66. The Morgan fingerprint density at radius 1 is 1.07 bits per heavy atom. The number of hydrogen-bond donors (Lipinski definition) is 2. The number of hydrogen-bond acceptors (Lipinski definition) is 2. The molecule has 2 heteroatoms. The monoisotopic (exact) mass is 198 g/mol. The van der Waals surface area contributed by atoms with E-state index in [1.807, 2.05) is 7.05 Å². The quantitative estimate of drug-likeness (QED) is 0.685. The summed E-state index contributed by atoms with van der Waals surface area (Å²) in [7, 11) is 1.94. The molecule has 0 aliphatic carbocycles. The highest BCUT2D eigenvalue weighted by atomic mass is 14.9. The van der Waals surface area contributed by atoms with Crippen LogP contribution in [0.15, 0.2) is 12.3 Å². The molecule has 0 saturated carbocycles. The van der Waals surface area contributed by atoms with Gasteiger partial charge in [0.1, 0.15) is 0 Å². The molecule has 0 aromatic heterocycles. The van der Waals surface area contributed by atoms with Crippen LogP contribution < -0.4 is 10.6 Å². The average molecular weight is 198 g/mol. The molecule has 2 nitrogen and oxygen atoms in total. The van der Waals surface area contributed by atoms with Crippen LogP contribution in [-0.4, -0.2) is 19.1 Å². The predicted molar refractivity (Wildman–Crippen MR) is 64.3 cm³/mol. The predicted octanol–water partition coefficient (Wildman–Crippen LogP) is 2.38. The van der Waals surface area contributed by atoms with E-state index < -0.39 is 0 Å². The van der Waals surface area contributed by atoms with Crippen LogP contribution in [-0.2, 0) is 0 Å². The number of rotatable bonds is 6. The van der Waals surface area contributed by atoms with E-state index in [0.29, 0.717) is 23.9 Å². The van der Waals surface area contributed by atoms with Crippen molar-refractivity contribution in [1.82, 2.24) is 10.6 Å². The molecular weight excluding hydrogens is 172 g/mol. The lowest BCUT2D eigenvalue weighted by Gasteiger charge is -2.29. The highest BCUT2D eigenvalue weighted by Crippen LogP contribution is 2.20. The van der Waals surface area contributed by atoms with E-state index in [1.165, 1.54) is 0 Å². The second-order valence-corrected chi connectivity index (χ2v) is 4.53. The average Bonchev–Trinajstić information content (AvgIpc) is 2.13. The Morgan fingerprint density at radius 3 is 1.93 bits per heavy atom. The molecule has 0 aliphatic heterocycles. The van der Waals surface area contributed by atoms with Gasteiger partial charge in [-0.25, -0.2) is 0 Å². The highest BCUT2D eigenvalue weighted by molar-refractivity contribution is 4.98. The van der Waals surface area contributed by atoms with Crippen LogP contribution in [0.2, 0.25) is 0 Å². The number of nitrogens with one attached hydrogen (secondary N) is 2. The maximum absolute atomic E-state index is 4.02. The van der Waals surface area contributed by atoms with E-state index in [-0.39, 0.29) is 0 Å². The molecule has 0 spiro atoms. The molecule has 0 rings (SSSR count). The lowest BCUT2D eigenvalue weighted by Crippen LogP contribution is -2.40. The Balaban J connectivity index is 4.16. The number of allylic oxidation sites excluding steroid dienone is 1. The van der Waals surface area contributed by atoms with Gasteiger partial charge in [-0.05, 0) is 18.8 Å². The molecule has 84 valence electrons. The van der Waals surface area contributed by atoms with Crippen LogP contribution in [0.3, 0.4) is 0 Å². The second-order valence-electron chi connectivity index (χ2n) is 4.53. The van der Waals surface area contributed by atoms with E-state index in [1.54, 1.807) is 0 Å². The minimum absolute atomic E-state index is 0.501. The van der Waals surface area contributed by atoms with Gasteiger partial charge in [0.15, 0.2) is 0 Å². The van der Waals surface area contributed by atoms with Crippen molar-refractivity contribution in [2.45, 2.75) is 46.7 Å².